The Kier molecular flexibility index (Phi) is 3.96. The molecule has 5 nitrogen and oxygen atoms in total. The highest BCUT2D eigenvalue weighted by Crippen LogP contribution is 2.25. The van der Waals surface area contributed by atoms with Gasteiger partial charge in [-0.25, -0.2) is 4.79 Å². The molecule has 0 fully saturated rings. The average molecular weight is 344 g/mol. The van der Waals surface area contributed by atoms with Crippen LogP contribution in [0.5, 0.6) is 0 Å². The number of aromatic nitrogens is 2. The Hall–Kier alpha value is -1.34. The lowest BCUT2D eigenvalue weighted by Gasteiger charge is -2.04. The minimum Gasteiger partial charge on any atom is -0.455 e. The van der Waals surface area contributed by atoms with Crippen LogP contribution in [0.3, 0.4) is 0 Å². The first-order valence-corrected chi connectivity index (χ1v) is 7.22. The van der Waals surface area contributed by atoms with E-state index in [9.17, 15) is 4.79 Å². The van der Waals surface area contributed by atoms with E-state index in [1.54, 1.807) is 10.7 Å². The SMILES string of the molecule is Cc1nn(C)c(COC(=O)c2cc(N)c(C)s2)c1Br. The summed E-state index contributed by atoms with van der Waals surface area (Å²) in [6, 6.07) is 1.64. The van der Waals surface area contributed by atoms with Gasteiger partial charge in [0.05, 0.1) is 15.9 Å². The van der Waals surface area contributed by atoms with E-state index in [-0.39, 0.29) is 12.6 Å². The number of thiophene rings is 1. The highest BCUT2D eigenvalue weighted by atomic mass is 79.9. The average Bonchev–Trinajstić information content (AvgIpc) is 2.80. The molecule has 2 N–H and O–H groups in total. The van der Waals surface area contributed by atoms with Gasteiger partial charge < -0.3 is 10.5 Å². The van der Waals surface area contributed by atoms with Crippen LogP contribution in [0.1, 0.15) is 25.9 Å². The number of aryl methyl sites for hydroxylation is 3. The second kappa shape index (κ2) is 5.34. The van der Waals surface area contributed by atoms with Gasteiger partial charge >= 0.3 is 5.97 Å². The molecule has 0 radical (unpaired) electrons. The van der Waals surface area contributed by atoms with Crippen molar-refractivity contribution in [2.24, 2.45) is 7.05 Å². The highest BCUT2D eigenvalue weighted by molar-refractivity contribution is 9.10. The molecular formula is C12H14BrN3O2S. The van der Waals surface area contributed by atoms with Crippen LogP contribution >= 0.6 is 27.3 Å². The molecule has 0 aliphatic rings. The van der Waals surface area contributed by atoms with Gasteiger partial charge in [-0.15, -0.1) is 11.3 Å². The van der Waals surface area contributed by atoms with Gasteiger partial charge in [0.2, 0.25) is 0 Å². The van der Waals surface area contributed by atoms with Gasteiger partial charge in [-0.05, 0) is 35.8 Å². The minimum atomic E-state index is -0.365. The van der Waals surface area contributed by atoms with Crippen molar-refractivity contribution < 1.29 is 9.53 Å². The standard InChI is InChI=1S/C12H14BrN3O2S/c1-6-11(13)9(16(3)15-6)5-18-12(17)10-4-8(14)7(2)19-10/h4H,5,14H2,1-3H3. The number of carbonyl (C=O) groups is 1. The second-order valence-electron chi connectivity index (χ2n) is 4.17. The van der Waals surface area contributed by atoms with Gasteiger partial charge in [-0.3, -0.25) is 4.68 Å². The molecule has 0 aliphatic carbocycles. The molecule has 0 bridgehead atoms. The first-order valence-electron chi connectivity index (χ1n) is 5.61. The summed E-state index contributed by atoms with van der Waals surface area (Å²) in [5.41, 5.74) is 8.03. The van der Waals surface area contributed by atoms with Crippen molar-refractivity contribution in [1.82, 2.24) is 9.78 Å². The highest BCUT2D eigenvalue weighted by Gasteiger charge is 2.16. The van der Waals surface area contributed by atoms with Crippen molar-refractivity contribution in [2.45, 2.75) is 20.5 Å². The van der Waals surface area contributed by atoms with E-state index >= 15 is 0 Å². The number of anilines is 1. The minimum absolute atomic E-state index is 0.174. The summed E-state index contributed by atoms with van der Waals surface area (Å²) >= 11 is 4.77. The van der Waals surface area contributed by atoms with Gasteiger partial charge in [0.1, 0.15) is 11.5 Å². The second-order valence-corrected chi connectivity index (χ2v) is 6.22. The molecule has 0 atom stereocenters. The molecule has 0 aromatic carbocycles. The number of ether oxygens (including phenoxy) is 1. The van der Waals surface area contributed by atoms with Crippen molar-refractivity contribution in [3.05, 3.63) is 31.7 Å². The molecule has 7 heteroatoms. The molecule has 0 saturated carbocycles. The van der Waals surface area contributed by atoms with Crippen LogP contribution in [0.2, 0.25) is 0 Å². The quantitative estimate of drug-likeness (QED) is 0.870. The third-order valence-corrected chi connectivity index (χ3v) is 4.84. The van der Waals surface area contributed by atoms with Crippen molar-refractivity contribution in [1.29, 1.82) is 0 Å². The van der Waals surface area contributed by atoms with Gasteiger partial charge in [0.15, 0.2) is 0 Å². The normalized spacial score (nSPS) is 10.7. The number of nitrogen functional groups attached to an aromatic ring is 1. The molecule has 2 aromatic heterocycles. The smallest absolute Gasteiger partial charge is 0.348 e. The summed E-state index contributed by atoms with van der Waals surface area (Å²) in [6.45, 7) is 3.93. The van der Waals surface area contributed by atoms with Gasteiger partial charge in [-0.2, -0.15) is 5.10 Å². The maximum atomic E-state index is 11.9. The summed E-state index contributed by atoms with van der Waals surface area (Å²) in [4.78, 5) is 13.3. The monoisotopic (exact) mass is 343 g/mol. The molecule has 0 spiro atoms. The molecule has 2 heterocycles. The largest absolute Gasteiger partial charge is 0.455 e. The Morgan fingerprint density at radius 2 is 2.26 bits per heavy atom. The zero-order valence-corrected chi connectivity index (χ0v) is 13.3. The van der Waals surface area contributed by atoms with Crippen LogP contribution in [-0.2, 0) is 18.4 Å². The van der Waals surface area contributed by atoms with Crippen molar-refractivity contribution in [3.8, 4) is 0 Å². The summed E-state index contributed by atoms with van der Waals surface area (Å²) in [5.74, 6) is -0.365. The predicted molar refractivity (Wildman–Crippen MR) is 78.2 cm³/mol. The van der Waals surface area contributed by atoms with E-state index in [1.807, 2.05) is 20.9 Å². The number of nitrogens with two attached hydrogens (primary N) is 1. The first kappa shape index (κ1) is 14.1. The van der Waals surface area contributed by atoms with E-state index in [0.29, 0.717) is 10.6 Å². The van der Waals surface area contributed by atoms with Crippen molar-refractivity contribution >= 4 is 38.9 Å². The van der Waals surface area contributed by atoms with Gasteiger partial charge in [-0.1, -0.05) is 0 Å². The predicted octanol–water partition coefficient (Wildman–Crippen LogP) is 2.80. The van der Waals surface area contributed by atoms with E-state index in [4.69, 9.17) is 10.5 Å². The molecule has 19 heavy (non-hydrogen) atoms. The summed E-state index contributed by atoms with van der Waals surface area (Å²) < 4.78 is 7.84. The lowest BCUT2D eigenvalue weighted by Crippen LogP contribution is -2.07. The van der Waals surface area contributed by atoms with Crippen LogP contribution in [0, 0.1) is 13.8 Å². The third kappa shape index (κ3) is 2.82. The fourth-order valence-electron chi connectivity index (χ4n) is 1.64. The lowest BCUT2D eigenvalue weighted by molar-refractivity contribution is 0.0468. The van der Waals surface area contributed by atoms with Crippen LogP contribution in [0.4, 0.5) is 5.69 Å². The van der Waals surface area contributed by atoms with Crippen molar-refractivity contribution in [3.63, 3.8) is 0 Å². The number of esters is 1. The van der Waals surface area contributed by atoms with E-state index in [2.05, 4.69) is 21.0 Å². The number of hydrogen-bond acceptors (Lipinski definition) is 5. The maximum Gasteiger partial charge on any atom is 0.348 e. The fourth-order valence-corrected chi connectivity index (χ4v) is 2.92. The Bertz CT molecular complexity index is 614. The van der Waals surface area contributed by atoms with Gasteiger partial charge in [0.25, 0.3) is 0 Å². The summed E-state index contributed by atoms with van der Waals surface area (Å²) in [7, 11) is 1.81. The summed E-state index contributed by atoms with van der Waals surface area (Å²) in [5, 5.41) is 4.24. The topological polar surface area (TPSA) is 70.1 Å². The molecule has 0 aliphatic heterocycles. The molecule has 0 unspecified atom stereocenters. The lowest BCUT2D eigenvalue weighted by atomic mass is 10.3. The molecule has 0 saturated heterocycles. The van der Waals surface area contributed by atoms with E-state index < -0.39 is 0 Å². The number of halogens is 1. The first-order chi connectivity index (χ1) is 8.90. The molecule has 0 amide bonds. The fraction of sp³-hybridized carbons (Fsp3) is 0.333. The van der Waals surface area contributed by atoms with Crippen molar-refractivity contribution in [2.75, 3.05) is 5.73 Å². The maximum absolute atomic E-state index is 11.9. The molecule has 2 aromatic rings. The Morgan fingerprint density at radius 1 is 1.58 bits per heavy atom. The van der Waals surface area contributed by atoms with Crippen LogP contribution in [-0.4, -0.2) is 15.7 Å². The van der Waals surface area contributed by atoms with Gasteiger partial charge in [0, 0.05) is 17.6 Å². The summed E-state index contributed by atoms with van der Waals surface area (Å²) in [6.07, 6.45) is 0. The molecular weight excluding hydrogens is 330 g/mol. The molecule has 102 valence electrons. The Morgan fingerprint density at radius 3 is 2.74 bits per heavy atom. The molecule has 2 rings (SSSR count). The number of hydrogen-bond donors (Lipinski definition) is 1. The van der Waals surface area contributed by atoms with E-state index in [1.165, 1.54) is 11.3 Å². The van der Waals surface area contributed by atoms with Crippen LogP contribution < -0.4 is 5.73 Å². The number of nitrogens with zero attached hydrogens (tertiary/aromatic N) is 2. The Balaban J connectivity index is 2.08. The number of carbonyl (C=O) groups excluding carboxylic acids is 1. The zero-order chi connectivity index (χ0) is 14.2. The van der Waals surface area contributed by atoms with E-state index in [0.717, 1.165) is 20.7 Å². The Labute approximate surface area is 123 Å². The zero-order valence-electron chi connectivity index (χ0n) is 10.9. The van der Waals surface area contributed by atoms with Crippen LogP contribution in [0.15, 0.2) is 10.5 Å². The van der Waals surface area contributed by atoms with Crippen LogP contribution in [0.25, 0.3) is 0 Å². The number of rotatable bonds is 3. The third-order valence-electron chi connectivity index (χ3n) is 2.76.